The van der Waals surface area contributed by atoms with Gasteiger partial charge in [-0.05, 0) is 33.8 Å². The molecule has 0 aliphatic carbocycles. The standard InChI is InChI=1S/C12H16FNOS/c1-9(14-16(15)12(2,3)4)10-7-5-6-8-11(10)13/h5-8H,1-4H3/b14-9-. The molecule has 0 amide bonds. The van der Waals surface area contributed by atoms with E-state index < -0.39 is 16.1 Å². The summed E-state index contributed by atoms with van der Waals surface area (Å²) in [5, 5.41) is 0. The Morgan fingerprint density at radius 3 is 2.38 bits per heavy atom. The maximum atomic E-state index is 13.4. The Labute approximate surface area is 98.9 Å². The summed E-state index contributed by atoms with van der Waals surface area (Å²) < 4.78 is 28.8. The van der Waals surface area contributed by atoms with E-state index in [0.717, 1.165) is 0 Å². The quantitative estimate of drug-likeness (QED) is 0.579. The molecule has 0 aliphatic heterocycles. The van der Waals surface area contributed by atoms with Crippen LogP contribution in [0.4, 0.5) is 4.39 Å². The lowest BCUT2D eigenvalue weighted by Gasteiger charge is -2.18. The molecule has 0 N–H and O–H groups in total. The zero-order valence-corrected chi connectivity index (χ0v) is 10.8. The molecule has 16 heavy (non-hydrogen) atoms. The van der Waals surface area contributed by atoms with Gasteiger partial charge in [-0.3, -0.25) is 0 Å². The number of hydrogen-bond acceptors (Lipinski definition) is 2. The summed E-state index contributed by atoms with van der Waals surface area (Å²) in [4.78, 5) is 0. The van der Waals surface area contributed by atoms with Crippen molar-refractivity contribution in [1.29, 1.82) is 0 Å². The van der Waals surface area contributed by atoms with Crippen molar-refractivity contribution in [3.8, 4) is 0 Å². The third-order valence-electron chi connectivity index (χ3n) is 2.01. The monoisotopic (exact) mass is 241 g/mol. The first-order valence-corrected chi connectivity index (χ1v) is 6.15. The van der Waals surface area contributed by atoms with Crippen molar-refractivity contribution < 1.29 is 8.94 Å². The average molecular weight is 241 g/mol. The Morgan fingerprint density at radius 2 is 1.88 bits per heavy atom. The fourth-order valence-electron chi connectivity index (χ4n) is 1.07. The van der Waals surface area contributed by atoms with Crippen LogP contribution in [0.15, 0.2) is 28.7 Å². The Kier molecular flexibility index (Phi) is 4.10. The number of hydrogen-bond donors (Lipinski definition) is 0. The molecule has 0 bridgehead atoms. The van der Waals surface area contributed by atoms with Crippen LogP contribution in [-0.4, -0.2) is 15.0 Å². The van der Waals surface area contributed by atoms with Gasteiger partial charge in [-0.15, -0.1) is 0 Å². The minimum atomic E-state index is -1.35. The van der Waals surface area contributed by atoms with Crippen molar-refractivity contribution in [3.63, 3.8) is 0 Å². The fourth-order valence-corrected chi connectivity index (χ4v) is 1.69. The molecule has 1 rings (SSSR count). The second-order valence-corrected chi connectivity index (χ2v) is 6.42. The van der Waals surface area contributed by atoms with Gasteiger partial charge >= 0.3 is 0 Å². The topological polar surface area (TPSA) is 35.4 Å². The van der Waals surface area contributed by atoms with E-state index in [1.54, 1.807) is 25.1 Å². The third kappa shape index (κ3) is 3.32. The fraction of sp³-hybridized carbons (Fsp3) is 0.417. The Morgan fingerprint density at radius 1 is 1.31 bits per heavy atom. The van der Waals surface area contributed by atoms with E-state index in [1.165, 1.54) is 6.07 Å². The largest absolute Gasteiger partial charge is 0.591 e. The van der Waals surface area contributed by atoms with Crippen LogP contribution >= 0.6 is 0 Å². The van der Waals surface area contributed by atoms with Crippen molar-refractivity contribution in [3.05, 3.63) is 35.6 Å². The maximum Gasteiger partial charge on any atom is 0.144 e. The molecule has 0 saturated heterocycles. The molecule has 88 valence electrons. The number of rotatable bonds is 2. The molecule has 1 aromatic carbocycles. The number of benzene rings is 1. The SMILES string of the molecule is C/C(=N/[S+]([O-])C(C)(C)C)c1ccccc1F. The summed E-state index contributed by atoms with van der Waals surface area (Å²) >= 11 is -1.35. The Bertz CT molecular complexity index is 398. The summed E-state index contributed by atoms with van der Waals surface area (Å²) in [6, 6.07) is 6.35. The summed E-state index contributed by atoms with van der Waals surface area (Å²) in [6.45, 7) is 7.17. The molecule has 1 aromatic rings. The first-order chi connectivity index (χ1) is 7.32. The first-order valence-electron chi connectivity index (χ1n) is 5.04. The van der Waals surface area contributed by atoms with E-state index in [4.69, 9.17) is 0 Å². The van der Waals surface area contributed by atoms with Gasteiger partial charge in [0.1, 0.15) is 21.9 Å². The lowest BCUT2D eigenvalue weighted by atomic mass is 10.1. The van der Waals surface area contributed by atoms with Crippen molar-refractivity contribution in [2.45, 2.75) is 32.4 Å². The van der Waals surface area contributed by atoms with Gasteiger partial charge in [0, 0.05) is 5.56 Å². The highest BCUT2D eigenvalue weighted by atomic mass is 32.2. The van der Waals surface area contributed by atoms with Gasteiger partial charge in [0.15, 0.2) is 0 Å². The van der Waals surface area contributed by atoms with E-state index in [1.807, 2.05) is 20.8 Å². The average Bonchev–Trinajstić information content (AvgIpc) is 2.16. The third-order valence-corrected chi connectivity index (χ3v) is 3.49. The summed E-state index contributed by atoms with van der Waals surface area (Å²) in [7, 11) is 0. The Hall–Kier alpha value is -0.870. The highest BCUT2D eigenvalue weighted by molar-refractivity contribution is 7.91. The number of nitrogens with zero attached hydrogens (tertiary/aromatic N) is 1. The maximum absolute atomic E-state index is 13.4. The molecule has 0 radical (unpaired) electrons. The lowest BCUT2D eigenvalue weighted by molar-refractivity contribution is 0.561. The van der Waals surface area contributed by atoms with Gasteiger partial charge < -0.3 is 4.55 Å². The van der Waals surface area contributed by atoms with Gasteiger partial charge in [0.05, 0.1) is 5.71 Å². The van der Waals surface area contributed by atoms with E-state index in [2.05, 4.69) is 4.40 Å². The summed E-state index contributed by atoms with van der Waals surface area (Å²) in [5.74, 6) is -0.338. The molecule has 0 aliphatic rings. The molecular weight excluding hydrogens is 225 g/mol. The highest BCUT2D eigenvalue weighted by Gasteiger charge is 2.27. The van der Waals surface area contributed by atoms with Crippen molar-refractivity contribution in [2.24, 2.45) is 4.40 Å². The number of halogens is 1. The van der Waals surface area contributed by atoms with Crippen LogP contribution in [-0.2, 0) is 11.4 Å². The molecule has 4 heteroatoms. The smallest absolute Gasteiger partial charge is 0.144 e. The summed E-state index contributed by atoms with van der Waals surface area (Å²) in [5.41, 5.74) is 0.867. The Balaban J connectivity index is 2.99. The van der Waals surface area contributed by atoms with Crippen LogP contribution in [0.2, 0.25) is 0 Å². The van der Waals surface area contributed by atoms with Gasteiger partial charge in [-0.1, -0.05) is 22.6 Å². The minimum Gasteiger partial charge on any atom is -0.591 e. The van der Waals surface area contributed by atoms with E-state index in [0.29, 0.717) is 11.3 Å². The molecule has 0 aromatic heterocycles. The van der Waals surface area contributed by atoms with Gasteiger partial charge in [0.2, 0.25) is 0 Å². The molecular formula is C12H16FNOS. The van der Waals surface area contributed by atoms with Crippen LogP contribution in [0.1, 0.15) is 33.3 Å². The second-order valence-electron chi connectivity index (χ2n) is 4.52. The van der Waals surface area contributed by atoms with Gasteiger partial charge in [-0.25, -0.2) is 4.39 Å². The molecule has 0 spiro atoms. The van der Waals surface area contributed by atoms with E-state index in [9.17, 15) is 8.94 Å². The van der Waals surface area contributed by atoms with Crippen molar-refractivity contribution >= 4 is 17.1 Å². The molecule has 0 saturated carbocycles. The summed E-state index contributed by atoms with van der Waals surface area (Å²) in [6.07, 6.45) is 0. The minimum absolute atomic E-state index is 0.338. The normalized spacial score (nSPS) is 15.0. The van der Waals surface area contributed by atoms with E-state index in [-0.39, 0.29) is 5.82 Å². The molecule has 1 unspecified atom stereocenters. The molecule has 1 atom stereocenters. The predicted molar refractivity (Wildman–Crippen MR) is 66.5 cm³/mol. The molecule has 2 nitrogen and oxygen atoms in total. The van der Waals surface area contributed by atoms with Crippen LogP contribution in [0.5, 0.6) is 0 Å². The zero-order valence-electron chi connectivity index (χ0n) is 9.95. The predicted octanol–water partition coefficient (Wildman–Crippen LogP) is 3.10. The molecule has 0 fully saturated rings. The van der Waals surface area contributed by atoms with Crippen LogP contribution in [0.25, 0.3) is 0 Å². The zero-order chi connectivity index (χ0) is 12.3. The second kappa shape index (κ2) is 4.97. The van der Waals surface area contributed by atoms with Crippen LogP contribution in [0, 0.1) is 5.82 Å². The van der Waals surface area contributed by atoms with E-state index >= 15 is 0 Å². The first kappa shape index (κ1) is 13.2. The van der Waals surface area contributed by atoms with Crippen LogP contribution < -0.4 is 0 Å². The molecule has 0 heterocycles. The lowest BCUT2D eigenvalue weighted by Crippen LogP contribution is -2.26. The van der Waals surface area contributed by atoms with Gasteiger partial charge in [-0.2, -0.15) is 0 Å². The van der Waals surface area contributed by atoms with Crippen LogP contribution in [0.3, 0.4) is 0 Å². The highest BCUT2D eigenvalue weighted by Crippen LogP contribution is 2.19. The van der Waals surface area contributed by atoms with Gasteiger partial charge in [0.25, 0.3) is 0 Å². The van der Waals surface area contributed by atoms with Crippen molar-refractivity contribution in [2.75, 3.05) is 0 Å². The van der Waals surface area contributed by atoms with Crippen molar-refractivity contribution in [1.82, 2.24) is 0 Å².